The van der Waals surface area contributed by atoms with Crippen LogP contribution in [0.25, 0.3) is 0 Å². The second-order valence-electron chi connectivity index (χ2n) is 5.93. The van der Waals surface area contributed by atoms with E-state index >= 15 is 0 Å². The highest BCUT2D eigenvalue weighted by molar-refractivity contribution is 6.88. The van der Waals surface area contributed by atoms with Crippen LogP contribution in [0.15, 0.2) is 18.3 Å². The molecule has 14 heavy (non-hydrogen) atoms. The Balaban J connectivity index is 3.15. The third-order valence-corrected chi connectivity index (χ3v) is 4.20. The van der Waals surface area contributed by atoms with Gasteiger partial charge in [0.05, 0.1) is 0 Å². The van der Waals surface area contributed by atoms with Gasteiger partial charge in [0.2, 0.25) is 0 Å². The van der Waals surface area contributed by atoms with Crippen molar-refractivity contribution in [3.05, 3.63) is 23.9 Å². The van der Waals surface area contributed by atoms with Crippen LogP contribution in [0.5, 0.6) is 0 Å². The van der Waals surface area contributed by atoms with Crippen LogP contribution < -0.4 is 5.32 Å². The van der Waals surface area contributed by atoms with Crippen LogP contribution in [0.3, 0.4) is 0 Å². The molecule has 0 atom stereocenters. The van der Waals surface area contributed by atoms with Crippen molar-refractivity contribution in [1.29, 1.82) is 0 Å². The van der Waals surface area contributed by atoms with E-state index in [9.17, 15) is 0 Å². The maximum Gasteiger partial charge on any atom is 0.101 e. The van der Waals surface area contributed by atoms with Gasteiger partial charge in [0.25, 0.3) is 0 Å². The van der Waals surface area contributed by atoms with Crippen LogP contribution in [0.1, 0.15) is 26.3 Å². The van der Waals surface area contributed by atoms with Gasteiger partial charge in [-0.15, -0.1) is 0 Å². The van der Waals surface area contributed by atoms with E-state index in [4.69, 9.17) is 0 Å². The zero-order valence-corrected chi connectivity index (χ0v) is 11.2. The molecule has 0 aliphatic heterocycles. The Morgan fingerprint density at radius 3 is 2.14 bits per heavy atom. The highest BCUT2D eigenvalue weighted by atomic mass is 28.3. The molecule has 2 heteroatoms. The minimum Gasteiger partial charge on any atom is -0.266 e. The van der Waals surface area contributed by atoms with Gasteiger partial charge in [0.15, 0.2) is 0 Å². The van der Waals surface area contributed by atoms with Crippen molar-refractivity contribution in [3.63, 3.8) is 0 Å². The first-order valence-corrected chi connectivity index (χ1v) is 8.68. The Hall–Kier alpha value is -0.633. The van der Waals surface area contributed by atoms with Crippen LogP contribution in [-0.2, 0) is 5.41 Å². The van der Waals surface area contributed by atoms with Crippen molar-refractivity contribution in [3.8, 4) is 0 Å². The molecule has 0 aliphatic rings. The van der Waals surface area contributed by atoms with E-state index in [1.165, 1.54) is 10.9 Å². The predicted octanol–water partition coefficient (Wildman–Crippen LogP) is 2.92. The quantitative estimate of drug-likeness (QED) is 0.645. The zero-order valence-electron chi connectivity index (χ0n) is 10.2. The Labute approximate surface area is 88.6 Å². The van der Waals surface area contributed by atoms with Crippen molar-refractivity contribution in [2.45, 2.75) is 45.8 Å². The SMILES string of the molecule is CC(C)(C)c1ccnc([Si](C)(C)C)c1. The summed E-state index contributed by atoms with van der Waals surface area (Å²) in [6.45, 7) is 13.7. The van der Waals surface area contributed by atoms with Gasteiger partial charge in [-0.3, -0.25) is 4.98 Å². The van der Waals surface area contributed by atoms with Gasteiger partial charge in [0, 0.05) is 11.5 Å². The molecule has 0 amide bonds. The minimum atomic E-state index is -1.25. The molecule has 0 aliphatic carbocycles. The van der Waals surface area contributed by atoms with Crippen molar-refractivity contribution < 1.29 is 0 Å². The lowest BCUT2D eigenvalue weighted by Gasteiger charge is -2.22. The van der Waals surface area contributed by atoms with E-state index in [-0.39, 0.29) is 5.41 Å². The number of pyridine rings is 1. The van der Waals surface area contributed by atoms with E-state index in [1.54, 1.807) is 0 Å². The average Bonchev–Trinajstić information content (AvgIpc) is 2.01. The first-order valence-electron chi connectivity index (χ1n) is 5.18. The molecule has 0 N–H and O–H groups in total. The lowest BCUT2D eigenvalue weighted by molar-refractivity contribution is 0.590. The fourth-order valence-corrected chi connectivity index (χ4v) is 2.36. The largest absolute Gasteiger partial charge is 0.266 e. The molecule has 0 fully saturated rings. The summed E-state index contributed by atoms with van der Waals surface area (Å²) in [4.78, 5) is 4.49. The first kappa shape index (κ1) is 11.4. The van der Waals surface area contributed by atoms with E-state index in [0.29, 0.717) is 0 Å². The average molecular weight is 207 g/mol. The van der Waals surface area contributed by atoms with Crippen LogP contribution in [0.4, 0.5) is 0 Å². The zero-order chi connectivity index (χ0) is 11.0. The van der Waals surface area contributed by atoms with Crippen LogP contribution >= 0.6 is 0 Å². The maximum atomic E-state index is 4.49. The molecule has 0 aromatic carbocycles. The van der Waals surface area contributed by atoms with Crippen molar-refractivity contribution >= 4 is 13.4 Å². The molecule has 0 saturated heterocycles. The Morgan fingerprint density at radius 2 is 1.71 bits per heavy atom. The Kier molecular flexibility index (Phi) is 2.86. The molecular formula is C12H21NSi. The Bertz CT molecular complexity index is 289. The summed E-state index contributed by atoms with van der Waals surface area (Å²) in [6.07, 6.45) is 1.95. The molecule has 0 unspecified atom stereocenters. The van der Waals surface area contributed by atoms with Gasteiger partial charge in [-0.1, -0.05) is 40.4 Å². The standard InChI is InChI=1S/C12H21NSi/c1-12(2,3)10-7-8-13-11(9-10)14(4,5)6/h7-9H,1-6H3. The predicted molar refractivity (Wildman–Crippen MR) is 65.9 cm³/mol. The molecule has 0 bridgehead atoms. The summed E-state index contributed by atoms with van der Waals surface area (Å²) in [5.74, 6) is 0. The lowest BCUT2D eigenvalue weighted by Crippen LogP contribution is -2.40. The molecular weight excluding hydrogens is 186 g/mol. The molecule has 1 aromatic rings. The molecule has 0 radical (unpaired) electrons. The third kappa shape index (κ3) is 2.68. The number of aromatic nitrogens is 1. The monoisotopic (exact) mass is 207 g/mol. The second-order valence-corrected chi connectivity index (χ2v) is 10.9. The fourth-order valence-electron chi connectivity index (χ4n) is 1.31. The van der Waals surface area contributed by atoms with Gasteiger partial charge in [-0.25, -0.2) is 0 Å². The third-order valence-electron chi connectivity index (χ3n) is 2.39. The smallest absolute Gasteiger partial charge is 0.101 e. The fraction of sp³-hybridized carbons (Fsp3) is 0.583. The van der Waals surface area contributed by atoms with Crippen LogP contribution in [0.2, 0.25) is 19.6 Å². The number of nitrogens with zero attached hydrogens (tertiary/aromatic N) is 1. The topological polar surface area (TPSA) is 12.9 Å². The van der Waals surface area contributed by atoms with Crippen LogP contribution in [-0.4, -0.2) is 13.1 Å². The minimum absolute atomic E-state index is 0.233. The highest BCUT2D eigenvalue weighted by Gasteiger charge is 2.21. The molecule has 1 aromatic heterocycles. The molecule has 1 nitrogen and oxygen atoms in total. The second kappa shape index (κ2) is 3.50. The number of hydrogen-bond donors (Lipinski definition) is 0. The maximum absolute atomic E-state index is 4.49. The van der Waals surface area contributed by atoms with Gasteiger partial charge < -0.3 is 0 Å². The van der Waals surface area contributed by atoms with E-state index in [1.807, 2.05) is 6.20 Å². The van der Waals surface area contributed by atoms with Crippen molar-refractivity contribution in [2.24, 2.45) is 0 Å². The van der Waals surface area contributed by atoms with Gasteiger partial charge in [-0.05, 0) is 23.1 Å². The summed E-state index contributed by atoms with van der Waals surface area (Å²) in [7, 11) is -1.25. The highest BCUT2D eigenvalue weighted by Crippen LogP contribution is 2.20. The molecule has 0 saturated carbocycles. The van der Waals surface area contributed by atoms with Gasteiger partial charge in [0.1, 0.15) is 8.07 Å². The summed E-state index contributed by atoms with van der Waals surface area (Å²) in [5, 5.41) is 1.31. The molecule has 78 valence electrons. The van der Waals surface area contributed by atoms with Crippen molar-refractivity contribution in [1.82, 2.24) is 4.98 Å². The van der Waals surface area contributed by atoms with Crippen LogP contribution in [0, 0.1) is 0 Å². The van der Waals surface area contributed by atoms with Gasteiger partial charge in [-0.2, -0.15) is 0 Å². The summed E-state index contributed by atoms with van der Waals surface area (Å²) in [6, 6.07) is 4.41. The van der Waals surface area contributed by atoms with Crippen molar-refractivity contribution in [2.75, 3.05) is 0 Å². The lowest BCUT2D eigenvalue weighted by atomic mass is 9.88. The summed E-state index contributed by atoms with van der Waals surface area (Å²) < 4.78 is 0. The van der Waals surface area contributed by atoms with Gasteiger partial charge >= 0.3 is 0 Å². The first-order chi connectivity index (χ1) is 6.21. The number of hydrogen-bond acceptors (Lipinski definition) is 1. The summed E-state index contributed by atoms with van der Waals surface area (Å²) >= 11 is 0. The Morgan fingerprint density at radius 1 is 1.14 bits per heavy atom. The molecule has 1 heterocycles. The molecule has 1 rings (SSSR count). The number of rotatable bonds is 1. The van der Waals surface area contributed by atoms with E-state index in [2.05, 4.69) is 57.5 Å². The van der Waals surface area contributed by atoms with E-state index < -0.39 is 8.07 Å². The van der Waals surface area contributed by atoms with E-state index in [0.717, 1.165) is 0 Å². The summed E-state index contributed by atoms with van der Waals surface area (Å²) in [5.41, 5.74) is 1.63. The normalized spacial score (nSPS) is 13.0. The molecule has 0 spiro atoms.